The lowest BCUT2D eigenvalue weighted by Gasteiger charge is -2.23. The summed E-state index contributed by atoms with van der Waals surface area (Å²) >= 11 is 2.13. The van der Waals surface area contributed by atoms with Gasteiger partial charge >= 0.3 is 0 Å². The predicted molar refractivity (Wildman–Crippen MR) is 73.7 cm³/mol. The molecular formula is C13H29NS. The summed E-state index contributed by atoms with van der Waals surface area (Å²) in [6, 6.07) is 0.696. The highest BCUT2D eigenvalue weighted by atomic mass is 32.2. The Bertz CT molecular complexity index is 136. The Morgan fingerprint density at radius 1 is 1.13 bits per heavy atom. The Labute approximate surface area is 101 Å². The van der Waals surface area contributed by atoms with Gasteiger partial charge in [-0.2, -0.15) is 11.8 Å². The summed E-state index contributed by atoms with van der Waals surface area (Å²) in [7, 11) is 0. The first-order chi connectivity index (χ1) is 7.11. The molecule has 1 N–H and O–H groups in total. The first-order valence-corrected chi connectivity index (χ1v) is 7.51. The van der Waals surface area contributed by atoms with Crippen molar-refractivity contribution in [2.45, 2.75) is 65.2 Å². The normalized spacial score (nSPS) is 15.6. The minimum absolute atomic E-state index is 0.696. The molecule has 0 amide bonds. The summed E-state index contributed by atoms with van der Waals surface area (Å²) in [6.45, 7) is 12.6. The molecule has 0 aromatic rings. The molecule has 2 unspecified atom stereocenters. The maximum absolute atomic E-state index is 3.64. The van der Waals surface area contributed by atoms with Gasteiger partial charge in [-0.15, -0.1) is 0 Å². The maximum atomic E-state index is 3.64. The second kappa shape index (κ2) is 9.53. The summed E-state index contributed by atoms with van der Waals surface area (Å²) in [6.07, 6.45) is 3.83. The van der Waals surface area contributed by atoms with Gasteiger partial charge in [0, 0.05) is 11.3 Å². The van der Waals surface area contributed by atoms with E-state index < -0.39 is 0 Å². The van der Waals surface area contributed by atoms with Crippen LogP contribution in [0, 0.1) is 5.92 Å². The van der Waals surface area contributed by atoms with Crippen LogP contribution in [-0.2, 0) is 0 Å². The average molecular weight is 231 g/mol. The highest BCUT2D eigenvalue weighted by Gasteiger charge is 2.14. The second-order valence-corrected chi connectivity index (χ2v) is 6.21. The Morgan fingerprint density at radius 2 is 1.80 bits per heavy atom. The molecule has 0 aliphatic rings. The van der Waals surface area contributed by atoms with Gasteiger partial charge in [0.1, 0.15) is 0 Å². The van der Waals surface area contributed by atoms with Gasteiger partial charge in [-0.05, 0) is 37.5 Å². The molecule has 0 aliphatic heterocycles. The van der Waals surface area contributed by atoms with Crippen LogP contribution in [0.25, 0.3) is 0 Å². The van der Waals surface area contributed by atoms with Crippen molar-refractivity contribution in [1.82, 2.24) is 5.32 Å². The van der Waals surface area contributed by atoms with Gasteiger partial charge in [0.25, 0.3) is 0 Å². The van der Waals surface area contributed by atoms with Crippen LogP contribution in [0.2, 0.25) is 0 Å². The monoisotopic (exact) mass is 231 g/mol. The molecule has 0 aromatic carbocycles. The lowest BCUT2D eigenvalue weighted by atomic mass is 10.1. The minimum Gasteiger partial charge on any atom is -0.313 e. The van der Waals surface area contributed by atoms with Gasteiger partial charge < -0.3 is 5.32 Å². The van der Waals surface area contributed by atoms with Crippen molar-refractivity contribution in [1.29, 1.82) is 0 Å². The van der Waals surface area contributed by atoms with Gasteiger partial charge in [-0.25, -0.2) is 0 Å². The maximum Gasteiger partial charge on any atom is 0.0181 e. The third-order valence-electron chi connectivity index (χ3n) is 2.74. The highest BCUT2D eigenvalue weighted by Crippen LogP contribution is 2.19. The van der Waals surface area contributed by atoms with Crippen molar-refractivity contribution in [3.63, 3.8) is 0 Å². The predicted octanol–water partition coefficient (Wildman–Crippen LogP) is 3.93. The van der Waals surface area contributed by atoms with E-state index >= 15 is 0 Å². The zero-order valence-corrected chi connectivity index (χ0v) is 12.0. The molecule has 0 radical (unpaired) electrons. The topological polar surface area (TPSA) is 12.0 Å². The molecule has 15 heavy (non-hydrogen) atoms. The lowest BCUT2D eigenvalue weighted by Crippen LogP contribution is -2.36. The number of nitrogens with one attached hydrogen (secondary N) is 1. The largest absolute Gasteiger partial charge is 0.313 e. The molecule has 0 rings (SSSR count). The lowest BCUT2D eigenvalue weighted by molar-refractivity contribution is 0.493. The molecule has 2 heteroatoms. The molecule has 0 saturated carbocycles. The number of hydrogen-bond acceptors (Lipinski definition) is 2. The Hall–Kier alpha value is 0.310. The van der Waals surface area contributed by atoms with Crippen LogP contribution >= 0.6 is 11.8 Å². The highest BCUT2D eigenvalue weighted by molar-refractivity contribution is 7.99. The quantitative estimate of drug-likeness (QED) is 0.645. The number of rotatable bonds is 9. The summed E-state index contributed by atoms with van der Waals surface area (Å²) in [5.41, 5.74) is 0. The van der Waals surface area contributed by atoms with Gasteiger partial charge in [0.2, 0.25) is 0 Å². The van der Waals surface area contributed by atoms with E-state index in [4.69, 9.17) is 0 Å². The van der Waals surface area contributed by atoms with E-state index in [9.17, 15) is 0 Å². The van der Waals surface area contributed by atoms with E-state index in [2.05, 4.69) is 51.7 Å². The van der Waals surface area contributed by atoms with Gasteiger partial charge in [0.05, 0.1) is 0 Å². The fourth-order valence-electron chi connectivity index (χ4n) is 1.58. The summed E-state index contributed by atoms with van der Waals surface area (Å²) in [4.78, 5) is 0. The van der Waals surface area contributed by atoms with Crippen LogP contribution in [0.4, 0.5) is 0 Å². The molecule has 92 valence electrons. The molecule has 0 bridgehead atoms. The third-order valence-corrected chi connectivity index (χ3v) is 4.06. The van der Waals surface area contributed by atoms with Crippen LogP contribution in [0.5, 0.6) is 0 Å². The Kier molecular flexibility index (Phi) is 9.73. The Balaban J connectivity index is 3.67. The van der Waals surface area contributed by atoms with Crippen LogP contribution in [0.3, 0.4) is 0 Å². The third kappa shape index (κ3) is 8.15. The van der Waals surface area contributed by atoms with Crippen molar-refractivity contribution in [2.75, 3.05) is 12.3 Å². The van der Waals surface area contributed by atoms with E-state index in [0.29, 0.717) is 6.04 Å². The van der Waals surface area contributed by atoms with Crippen LogP contribution in [-0.4, -0.2) is 23.6 Å². The van der Waals surface area contributed by atoms with E-state index in [1.54, 1.807) is 0 Å². The second-order valence-electron chi connectivity index (χ2n) is 4.73. The molecule has 0 aromatic heterocycles. The van der Waals surface area contributed by atoms with Crippen molar-refractivity contribution < 1.29 is 0 Å². The summed E-state index contributed by atoms with van der Waals surface area (Å²) < 4.78 is 0. The van der Waals surface area contributed by atoms with Crippen LogP contribution in [0.15, 0.2) is 0 Å². The van der Waals surface area contributed by atoms with Gasteiger partial charge in [-0.1, -0.05) is 34.6 Å². The SMILES string of the molecule is CCCNC(CC)C(C)SCCC(C)C. The molecular weight excluding hydrogens is 202 g/mol. The fraction of sp³-hybridized carbons (Fsp3) is 1.00. The first kappa shape index (κ1) is 15.3. The van der Waals surface area contributed by atoms with Gasteiger partial charge in [0.15, 0.2) is 0 Å². The molecule has 2 atom stereocenters. The van der Waals surface area contributed by atoms with E-state index in [1.807, 2.05) is 0 Å². The zero-order chi connectivity index (χ0) is 11.7. The minimum atomic E-state index is 0.696. The van der Waals surface area contributed by atoms with E-state index in [-0.39, 0.29) is 0 Å². The van der Waals surface area contributed by atoms with E-state index in [1.165, 1.54) is 25.0 Å². The van der Waals surface area contributed by atoms with Crippen molar-refractivity contribution in [2.24, 2.45) is 5.92 Å². The smallest absolute Gasteiger partial charge is 0.0181 e. The summed E-state index contributed by atoms with van der Waals surface area (Å²) in [5, 5.41) is 4.39. The molecule has 0 spiro atoms. The van der Waals surface area contributed by atoms with Crippen molar-refractivity contribution in [3.05, 3.63) is 0 Å². The fourth-order valence-corrected chi connectivity index (χ4v) is 3.08. The zero-order valence-electron chi connectivity index (χ0n) is 11.2. The molecule has 0 fully saturated rings. The van der Waals surface area contributed by atoms with Crippen LogP contribution in [0.1, 0.15) is 53.9 Å². The van der Waals surface area contributed by atoms with Crippen molar-refractivity contribution >= 4 is 11.8 Å². The van der Waals surface area contributed by atoms with Crippen LogP contribution < -0.4 is 5.32 Å². The number of thioether (sulfide) groups is 1. The molecule has 1 nitrogen and oxygen atoms in total. The van der Waals surface area contributed by atoms with E-state index in [0.717, 1.165) is 17.7 Å². The van der Waals surface area contributed by atoms with Crippen molar-refractivity contribution in [3.8, 4) is 0 Å². The molecule has 0 aliphatic carbocycles. The standard InChI is InChI=1S/C13H29NS/c1-6-9-14-13(7-2)12(5)15-10-8-11(3)4/h11-14H,6-10H2,1-5H3. The molecule has 0 heterocycles. The average Bonchev–Trinajstić information content (AvgIpc) is 2.18. The first-order valence-electron chi connectivity index (χ1n) is 6.46. The summed E-state index contributed by atoms with van der Waals surface area (Å²) in [5.74, 6) is 2.15. The van der Waals surface area contributed by atoms with Gasteiger partial charge in [-0.3, -0.25) is 0 Å². The number of hydrogen-bond donors (Lipinski definition) is 1. The Morgan fingerprint density at radius 3 is 2.27 bits per heavy atom. The molecule has 0 saturated heterocycles.